The summed E-state index contributed by atoms with van der Waals surface area (Å²) in [7, 11) is 1.55. The SMILES string of the molecule is CCOC(=O)Cc1nc(-c2ccccc2OCOC)n(CCc2ccccc2)c(=O)c1CC(C)C. The number of esters is 1. The van der Waals surface area contributed by atoms with Crippen molar-refractivity contribution in [3.05, 3.63) is 81.8 Å². The third-order valence-corrected chi connectivity index (χ3v) is 5.50. The molecule has 7 nitrogen and oxygen atoms in total. The van der Waals surface area contributed by atoms with Gasteiger partial charge in [0.25, 0.3) is 5.56 Å². The predicted molar refractivity (Wildman–Crippen MR) is 135 cm³/mol. The molecule has 0 saturated heterocycles. The van der Waals surface area contributed by atoms with Crippen molar-refractivity contribution in [2.24, 2.45) is 5.92 Å². The quantitative estimate of drug-likeness (QED) is 0.283. The Labute approximate surface area is 206 Å². The zero-order chi connectivity index (χ0) is 25.2. The Hall–Kier alpha value is -3.45. The first-order valence-corrected chi connectivity index (χ1v) is 12.0. The van der Waals surface area contributed by atoms with Gasteiger partial charge >= 0.3 is 5.97 Å². The van der Waals surface area contributed by atoms with E-state index >= 15 is 0 Å². The van der Waals surface area contributed by atoms with Crippen LogP contribution in [0.1, 0.15) is 37.6 Å². The van der Waals surface area contributed by atoms with Crippen LogP contribution in [0, 0.1) is 5.92 Å². The highest BCUT2D eigenvalue weighted by molar-refractivity contribution is 5.73. The average Bonchev–Trinajstić information content (AvgIpc) is 2.85. The molecule has 0 amide bonds. The van der Waals surface area contributed by atoms with Gasteiger partial charge in [-0.05, 0) is 43.4 Å². The molecule has 7 heteroatoms. The Bertz CT molecular complexity index is 1170. The van der Waals surface area contributed by atoms with Gasteiger partial charge in [0, 0.05) is 19.2 Å². The molecule has 0 bridgehead atoms. The van der Waals surface area contributed by atoms with E-state index in [4.69, 9.17) is 19.2 Å². The molecule has 186 valence electrons. The number of methoxy groups -OCH3 is 1. The van der Waals surface area contributed by atoms with Crippen LogP contribution >= 0.6 is 0 Å². The van der Waals surface area contributed by atoms with Gasteiger partial charge in [-0.15, -0.1) is 0 Å². The van der Waals surface area contributed by atoms with Crippen molar-refractivity contribution in [1.29, 1.82) is 0 Å². The average molecular weight is 479 g/mol. The summed E-state index contributed by atoms with van der Waals surface area (Å²) in [5, 5.41) is 0. The second kappa shape index (κ2) is 12.9. The van der Waals surface area contributed by atoms with Crippen LogP contribution in [0.25, 0.3) is 11.4 Å². The third-order valence-electron chi connectivity index (χ3n) is 5.50. The van der Waals surface area contributed by atoms with E-state index in [1.807, 2.05) is 68.4 Å². The van der Waals surface area contributed by atoms with Crippen molar-refractivity contribution < 1.29 is 19.0 Å². The normalized spacial score (nSPS) is 11.0. The summed E-state index contributed by atoms with van der Waals surface area (Å²) in [5.74, 6) is 0.829. The molecule has 0 aliphatic carbocycles. The summed E-state index contributed by atoms with van der Waals surface area (Å²) in [5.41, 5.74) is 2.65. The molecule has 0 radical (unpaired) electrons. The molecular formula is C28H34N2O5. The van der Waals surface area contributed by atoms with Gasteiger partial charge in [-0.25, -0.2) is 4.98 Å². The maximum atomic E-state index is 13.9. The maximum absolute atomic E-state index is 13.9. The molecule has 3 rings (SSSR count). The number of aryl methyl sites for hydroxylation is 1. The maximum Gasteiger partial charge on any atom is 0.311 e. The van der Waals surface area contributed by atoms with Gasteiger partial charge < -0.3 is 14.2 Å². The number of rotatable bonds is 12. The molecule has 1 aromatic heterocycles. The van der Waals surface area contributed by atoms with Gasteiger partial charge in [0.05, 0.1) is 24.3 Å². The number of aromatic nitrogens is 2. The van der Waals surface area contributed by atoms with E-state index in [2.05, 4.69) is 0 Å². The number of para-hydroxylation sites is 1. The summed E-state index contributed by atoms with van der Waals surface area (Å²) < 4.78 is 17.8. The van der Waals surface area contributed by atoms with Crippen LogP contribution in [0.2, 0.25) is 0 Å². The van der Waals surface area contributed by atoms with Gasteiger partial charge in [0.15, 0.2) is 6.79 Å². The molecule has 0 aliphatic heterocycles. The molecule has 2 aromatic carbocycles. The van der Waals surface area contributed by atoms with E-state index in [9.17, 15) is 9.59 Å². The van der Waals surface area contributed by atoms with Gasteiger partial charge in [-0.3, -0.25) is 14.2 Å². The lowest BCUT2D eigenvalue weighted by Crippen LogP contribution is -2.31. The lowest BCUT2D eigenvalue weighted by molar-refractivity contribution is -0.142. The standard InChI is InChI=1S/C28H34N2O5/c1-5-34-26(31)18-24-23(17-20(2)3)28(32)30(16-15-21-11-7-6-8-12-21)27(29-24)22-13-9-10-14-25(22)35-19-33-4/h6-14,20H,5,15-19H2,1-4H3. The summed E-state index contributed by atoms with van der Waals surface area (Å²) in [4.78, 5) is 31.2. The number of carbonyl (C=O) groups is 1. The van der Waals surface area contributed by atoms with Crippen LogP contribution in [0.5, 0.6) is 5.75 Å². The lowest BCUT2D eigenvalue weighted by Gasteiger charge is -2.20. The molecule has 0 aliphatic rings. The van der Waals surface area contributed by atoms with E-state index in [0.717, 1.165) is 5.56 Å². The van der Waals surface area contributed by atoms with E-state index in [1.165, 1.54) is 0 Å². The molecule has 1 heterocycles. The van der Waals surface area contributed by atoms with Crippen LogP contribution in [-0.4, -0.2) is 36.0 Å². The minimum absolute atomic E-state index is 0.0568. The first-order valence-electron chi connectivity index (χ1n) is 12.0. The molecule has 0 saturated carbocycles. The Morgan fingerprint density at radius 3 is 2.46 bits per heavy atom. The largest absolute Gasteiger partial charge is 0.467 e. The number of hydrogen-bond acceptors (Lipinski definition) is 6. The Morgan fingerprint density at radius 1 is 1.06 bits per heavy atom. The Morgan fingerprint density at radius 2 is 1.77 bits per heavy atom. The van der Waals surface area contributed by atoms with Crippen molar-refractivity contribution in [2.45, 2.75) is 46.6 Å². The lowest BCUT2D eigenvalue weighted by atomic mass is 10.00. The fraction of sp³-hybridized carbons (Fsp3) is 0.393. The molecule has 0 spiro atoms. The summed E-state index contributed by atoms with van der Waals surface area (Å²) >= 11 is 0. The highest BCUT2D eigenvalue weighted by atomic mass is 16.7. The first-order chi connectivity index (χ1) is 16.9. The number of benzene rings is 2. The van der Waals surface area contributed by atoms with Gasteiger partial charge in [-0.2, -0.15) is 0 Å². The van der Waals surface area contributed by atoms with Crippen molar-refractivity contribution in [2.75, 3.05) is 20.5 Å². The minimum atomic E-state index is -0.402. The first kappa shape index (κ1) is 26.2. The van der Waals surface area contributed by atoms with Crippen molar-refractivity contribution in [3.8, 4) is 17.1 Å². The fourth-order valence-electron chi connectivity index (χ4n) is 3.94. The number of nitrogens with zero attached hydrogens (tertiary/aromatic N) is 2. The smallest absolute Gasteiger partial charge is 0.311 e. The van der Waals surface area contributed by atoms with E-state index in [-0.39, 0.29) is 31.3 Å². The Balaban J connectivity index is 2.18. The predicted octanol–water partition coefficient (Wildman–Crippen LogP) is 4.44. The molecule has 3 aromatic rings. The van der Waals surface area contributed by atoms with Crippen molar-refractivity contribution in [3.63, 3.8) is 0 Å². The van der Waals surface area contributed by atoms with Gasteiger partial charge in [0.2, 0.25) is 0 Å². The molecule has 0 atom stereocenters. The summed E-state index contributed by atoms with van der Waals surface area (Å²) in [6, 6.07) is 17.4. The third kappa shape index (κ3) is 7.02. The van der Waals surface area contributed by atoms with Gasteiger partial charge in [-0.1, -0.05) is 56.3 Å². The number of hydrogen-bond donors (Lipinski definition) is 0. The van der Waals surface area contributed by atoms with E-state index in [0.29, 0.717) is 47.8 Å². The summed E-state index contributed by atoms with van der Waals surface area (Å²) in [6.45, 7) is 6.62. The number of carbonyl (C=O) groups excluding carboxylic acids is 1. The fourth-order valence-corrected chi connectivity index (χ4v) is 3.94. The van der Waals surface area contributed by atoms with Crippen LogP contribution in [0.15, 0.2) is 59.4 Å². The Kier molecular flexibility index (Phi) is 9.61. The highest BCUT2D eigenvalue weighted by Crippen LogP contribution is 2.29. The second-order valence-corrected chi connectivity index (χ2v) is 8.68. The highest BCUT2D eigenvalue weighted by Gasteiger charge is 2.22. The van der Waals surface area contributed by atoms with Crippen molar-refractivity contribution in [1.82, 2.24) is 9.55 Å². The molecule has 35 heavy (non-hydrogen) atoms. The zero-order valence-electron chi connectivity index (χ0n) is 21.0. The van der Waals surface area contributed by atoms with Gasteiger partial charge in [0.1, 0.15) is 11.6 Å². The van der Waals surface area contributed by atoms with Crippen LogP contribution in [0.3, 0.4) is 0 Å². The second-order valence-electron chi connectivity index (χ2n) is 8.68. The zero-order valence-corrected chi connectivity index (χ0v) is 21.0. The minimum Gasteiger partial charge on any atom is -0.467 e. The molecular weight excluding hydrogens is 444 g/mol. The van der Waals surface area contributed by atoms with Crippen LogP contribution in [0.4, 0.5) is 0 Å². The summed E-state index contributed by atoms with van der Waals surface area (Å²) in [6.07, 6.45) is 1.13. The van der Waals surface area contributed by atoms with Crippen LogP contribution in [-0.2, 0) is 40.1 Å². The molecule has 0 N–H and O–H groups in total. The topological polar surface area (TPSA) is 79.7 Å². The van der Waals surface area contributed by atoms with E-state index < -0.39 is 5.97 Å². The number of ether oxygens (including phenoxy) is 3. The monoisotopic (exact) mass is 478 g/mol. The van der Waals surface area contributed by atoms with E-state index in [1.54, 1.807) is 18.6 Å². The van der Waals surface area contributed by atoms with Crippen molar-refractivity contribution >= 4 is 5.97 Å². The van der Waals surface area contributed by atoms with Crippen LogP contribution < -0.4 is 10.3 Å². The molecule has 0 fully saturated rings. The molecule has 0 unspecified atom stereocenters.